The number of carbonyl (C=O) groups excluding carboxylic acids is 1. The zero-order valence-corrected chi connectivity index (χ0v) is 14.4. The molecule has 0 radical (unpaired) electrons. The summed E-state index contributed by atoms with van der Waals surface area (Å²) in [5, 5.41) is 0. The lowest BCUT2D eigenvalue weighted by molar-refractivity contribution is -0.130. The van der Waals surface area contributed by atoms with Gasteiger partial charge in [0.05, 0.1) is 10.8 Å². The number of Topliss-reactive ketones (excluding diaryl/α,β-unsaturated/α-hetero) is 1. The number of furan rings is 2. The van der Waals surface area contributed by atoms with Gasteiger partial charge >= 0.3 is 0 Å². The van der Waals surface area contributed by atoms with E-state index in [1.165, 1.54) is 0 Å². The van der Waals surface area contributed by atoms with Crippen LogP contribution in [0.15, 0.2) is 33.1 Å². The topological polar surface area (TPSA) is 43.4 Å². The Balaban J connectivity index is 2.50. The van der Waals surface area contributed by atoms with Crippen LogP contribution in [0.2, 0.25) is 0 Å². The quantitative estimate of drug-likeness (QED) is 0.746. The van der Waals surface area contributed by atoms with Gasteiger partial charge in [0.1, 0.15) is 23.0 Å². The summed E-state index contributed by atoms with van der Waals surface area (Å²) in [4.78, 5) is 13.4. The molecule has 120 valence electrons. The van der Waals surface area contributed by atoms with E-state index in [9.17, 15) is 4.79 Å². The molecule has 2 unspecified atom stereocenters. The van der Waals surface area contributed by atoms with Gasteiger partial charge in [-0.25, -0.2) is 0 Å². The molecule has 0 aliphatic carbocycles. The van der Waals surface area contributed by atoms with Crippen molar-refractivity contribution < 1.29 is 13.6 Å². The molecule has 0 spiro atoms. The van der Waals surface area contributed by atoms with Crippen LogP contribution in [-0.2, 0) is 15.6 Å². The summed E-state index contributed by atoms with van der Waals surface area (Å²) in [6.45, 7) is 11.8. The van der Waals surface area contributed by atoms with E-state index < -0.39 is 10.8 Å². The van der Waals surface area contributed by atoms with E-state index in [0.717, 1.165) is 23.0 Å². The smallest absolute Gasteiger partial charge is 0.159 e. The van der Waals surface area contributed by atoms with Gasteiger partial charge in [0.2, 0.25) is 0 Å². The van der Waals surface area contributed by atoms with Crippen LogP contribution < -0.4 is 0 Å². The fourth-order valence-corrected chi connectivity index (χ4v) is 2.96. The molecule has 0 aliphatic heterocycles. The first-order valence-corrected chi connectivity index (χ1v) is 7.96. The van der Waals surface area contributed by atoms with Gasteiger partial charge < -0.3 is 8.83 Å². The first-order chi connectivity index (χ1) is 10.3. The first-order valence-electron chi connectivity index (χ1n) is 7.96. The predicted octanol–water partition coefficient (Wildman–Crippen LogP) is 5.09. The Bertz CT molecular complexity index is 608. The maximum Gasteiger partial charge on any atom is 0.159 e. The normalized spacial score (nSPS) is 17.0. The van der Waals surface area contributed by atoms with Crippen LogP contribution in [0.1, 0.15) is 63.6 Å². The second-order valence-electron chi connectivity index (χ2n) is 6.52. The van der Waals surface area contributed by atoms with E-state index >= 15 is 0 Å². The number of carbonyl (C=O) groups is 1. The Morgan fingerprint density at radius 2 is 1.23 bits per heavy atom. The summed E-state index contributed by atoms with van der Waals surface area (Å²) >= 11 is 0. The molecule has 0 aliphatic rings. The molecular weight excluding hydrogens is 276 g/mol. The van der Waals surface area contributed by atoms with Crippen molar-refractivity contribution in [3.8, 4) is 0 Å². The third-order valence-corrected chi connectivity index (χ3v) is 4.98. The summed E-state index contributed by atoms with van der Waals surface area (Å²) in [5.41, 5.74) is -1.31. The minimum Gasteiger partial charge on any atom is -0.465 e. The van der Waals surface area contributed by atoms with Crippen molar-refractivity contribution in [3.63, 3.8) is 0 Å². The first kappa shape index (κ1) is 16.6. The monoisotopic (exact) mass is 302 g/mol. The Morgan fingerprint density at radius 1 is 0.864 bits per heavy atom. The second-order valence-corrected chi connectivity index (χ2v) is 6.52. The molecule has 2 atom stereocenters. The van der Waals surface area contributed by atoms with Crippen molar-refractivity contribution in [3.05, 3.63) is 47.3 Å². The van der Waals surface area contributed by atoms with E-state index in [-0.39, 0.29) is 5.78 Å². The van der Waals surface area contributed by atoms with E-state index in [4.69, 9.17) is 8.83 Å². The Morgan fingerprint density at radius 3 is 1.45 bits per heavy atom. The highest BCUT2D eigenvalue weighted by Gasteiger charge is 2.48. The highest BCUT2D eigenvalue weighted by atomic mass is 16.3. The van der Waals surface area contributed by atoms with Gasteiger partial charge in [0, 0.05) is 0 Å². The summed E-state index contributed by atoms with van der Waals surface area (Å²) < 4.78 is 11.6. The Kier molecular flexibility index (Phi) is 4.37. The highest BCUT2D eigenvalue weighted by molar-refractivity contribution is 5.97. The number of hydrogen-bond donors (Lipinski definition) is 0. The predicted molar refractivity (Wildman–Crippen MR) is 87.2 cm³/mol. The molecular formula is C19H26O3. The van der Waals surface area contributed by atoms with Gasteiger partial charge in [0.25, 0.3) is 0 Å². The van der Waals surface area contributed by atoms with Crippen molar-refractivity contribution in [1.29, 1.82) is 0 Å². The van der Waals surface area contributed by atoms with Gasteiger partial charge in [-0.1, -0.05) is 13.8 Å². The third kappa shape index (κ3) is 2.53. The van der Waals surface area contributed by atoms with Gasteiger partial charge in [-0.15, -0.1) is 0 Å². The molecule has 0 saturated carbocycles. The lowest BCUT2D eigenvalue weighted by atomic mass is 9.66. The van der Waals surface area contributed by atoms with Crippen LogP contribution in [0, 0.1) is 13.8 Å². The van der Waals surface area contributed by atoms with Crippen molar-refractivity contribution in [2.45, 2.75) is 65.2 Å². The van der Waals surface area contributed by atoms with Crippen molar-refractivity contribution in [1.82, 2.24) is 0 Å². The minimum atomic E-state index is -0.653. The summed E-state index contributed by atoms with van der Waals surface area (Å²) in [6, 6.07) is 7.66. The van der Waals surface area contributed by atoms with Crippen molar-refractivity contribution >= 4 is 5.78 Å². The molecule has 0 aromatic carbocycles. The van der Waals surface area contributed by atoms with E-state index in [1.807, 2.05) is 65.8 Å². The molecule has 22 heavy (non-hydrogen) atoms. The van der Waals surface area contributed by atoms with Crippen LogP contribution >= 0.6 is 0 Å². The molecule has 2 rings (SSSR count). The van der Waals surface area contributed by atoms with E-state index in [1.54, 1.807) is 0 Å². The highest BCUT2D eigenvalue weighted by Crippen LogP contribution is 2.41. The fraction of sp³-hybridized carbons (Fsp3) is 0.526. The minimum absolute atomic E-state index is 0.147. The molecule has 0 saturated heterocycles. The van der Waals surface area contributed by atoms with Crippen LogP contribution in [0.25, 0.3) is 0 Å². The molecule has 2 aromatic heterocycles. The van der Waals surface area contributed by atoms with Crippen LogP contribution in [0.5, 0.6) is 0 Å². The van der Waals surface area contributed by atoms with Crippen LogP contribution in [0.3, 0.4) is 0 Å². The van der Waals surface area contributed by atoms with Crippen molar-refractivity contribution in [2.75, 3.05) is 0 Å². The number of ketones is 1. The van der Waals surface area contributed by atoms with Gasteiger partial charge in [0.15, 0.2) is 5.78 Å². The lowest BCUT2D eigenvalue weighted by Crippen LogP contribution is -2.45. The fourth-order valence-electron chi connectivity index (χ4n) is 2.96. The third-order valence-electron chi connectivity index (χ3n) is 4.98. The van der Waals surface area contributed by atoms with E-state index in [0.29, 0.717) is 12.8 Å². The molecule has 0 bridgehead atoms. The summed E-state index contributed by atoms with van der Waals surface area (Å²) in [6.07, 6.45) is 1.38. The summed E-state index contributed by atoms with van der Waals surface area (Å²) in [5.74, 6) is 3.28. The number of rotatable bonds is 6. The Hall–Kier alpha value is -1.77. The van der Waals surface area contributed by atoms with Crippen LogP contribution in [0.4, 0.5) is 0 Å². The van der Waals surface area contributed by atoms with Gasteiger partial charge in [-0.05, 0) is 64.8 Å². The SMILES string of the molecule is CCC(C)(C(=O)C(C)(CC)c1ccc(C)o1)c1ccc(C)o1. The van der Waals surface area contributed by atoms with Gasteiger partial charge in [-0.3, -0.25) is 4.79 Å². The lowest BCUT2D eigenvalue weighted by Gasteiger charge is -2.34. The molecule has 2 aromatic rings. The maximum atomic E-state index is 13.4. The number of aryl methyl sites for hydroxylation is 2. The molecule has 3 heteroatoms. The Labute approximate surface area is 132 Å². The largest absolute Gasteiger partial charge is 0.465 e. The van der Waals surface area contributed by atoms with Crippen molar-refractivity contribution in [2.24, 2.45) is 0 Å². The average molecular weight is 302 g/mol. The molecule has 3 nitrogen and oxygen atoms in total. The molecule has 0 fully saturated rings. The summed E-state index contributed by atoms with van der Waals surface area (Å²) in [7, 11) is 0. The standard InChI is InChI=1S/C19H26O3/c1-7-18(5,15-11-9-13(3)21-15)17(20)19(6,8-2)16-12-10-14(4)22-16/h9-12H,7-8H2,1-6H3. The second kappa shape index (κ2) is 5.79. The zero-order chi connectivity index (χ0) is 16.5. The molecule has 0 amide bonds. The van der Waals surface area contributed by atoms with E-state index in [2.05, 4.69) is 0 Å². The maximum absolute atomic E-state index is 13.4. The number of hydrogen-bond acceptors (Lipinski definition) is 3. The van der Waals surface area contributed by atoms with Crippen LogP contribution in [-0.4, -0.2) is 5.78 Å². The molecule has 0 N–H and O–H groups in total. The average Bonchev–Trinajstić information content (AvgIpc) is 3.14. The zero-order valence-electron chi connectivity index (χ0n) is 14.4. The molecule has 2 heterocycles. The van der Waals surface area contributed by atoms with Gasteiger partial charge in [-0.2, -0.15) is 0 Å².